The van der Waals surface area contributed by atoms with E-state index in [0.29, 0.717) is 17.4 Å². The van der Waals surface area contributed by atoms with E-state index in [0.717, 1.165) is 12.0 Å². The monoisotopic (exact) mass is 253 g/mol. The molecule has 0 amide bonds. The van der Waals surface area contributed by atoms with E-state index in [2.05, 4.69) is 12.2 Å². The number of rotatable bonds is 3. The SMILES string of the molecule is CNC(C)Cc1ccc2c(c1)CC(C)S2(=O)=O. The van der Waals surface area contributed by atoms with Crippen molar-refractivity contribution in [2.24, 2.45) is 0 Å². The highest BCUT2D eigenvalue weighted by Crippen LogP contribution is 2.31. The standard InChI is InChI=1S/C13H19NO2S/c1-9(14-3)6-11-4-5-13-12(8-11)7-10(2)17(13,15)16/h4-5,8-10,14H,6-7H2,1-3H3. The smallest absolute Gasteiger partial charge is 0.181 e. The van der Waals surface area contributed by atoms with Gasteiger partial charge >= 0.3 is 0 Å². The lowest BCUT2D eigenvalue weighted by Gasteiger charge is -2.10. The van der Waals surface area contributed by atoms with Crippen molar-refractivity contribution in [2.75, 3.05) is 7.05 Å². The van der Waals surface area contributed by atoms with Gasteiger partial charge in [-0.05, 0) is 50.9 Å². The molecule has 4 heteroatoms. The molecule has 0 saturated heterocycles. The van der Waals surface area contributed by atoms with E-state index in [-0.39, 0.29) is 5.25 Å². The molecule has 17 heavy (non-hydrogen) atoms. The van der Waals surface area contributed by atoms with Crippen molar-refractivity contribution in [3.8, 4) is 0 Å². The van der Waals surface area contributed by atoms with E-state index in [1.165, 1.54) is 5.56 Å². The van der Waals surface area contributed by atoms with Gasteiger partial charge in [0.15, 0.2) is 9.84 Å². The third-order valence-electron chi connectivity index (χ3n) is 3.50. The maximum atomic E-state index is 12.0. The van der Waals surface area contributed by atoms with Crippen LogP contribution in [0.1, 0.15) is 25.0 Å². The molecule has 1 N–H and O–H groups in total. The predicted octanol–water partition coefficient (Wildman–Crippen LogP) is 1.56. The Morgan fingerprint density at radius 1 is 1.47 bits per heavy atom. The molecule has 2 atom stereocenters. The topological polar surface area (TPSA) is 46.2 Å². The molecule has 0 aliphatic carbocycles. The molecule has 1 heterocycles. The van der Waals surface area contributed by atoms with Crippen LogP contribution in [-0.2, 0) is 22.7 Å². The lowest BCUT2D eigenvalue weighted by Crippen LogP contribution is -2.23. The highest BCUT2D eigenvalue weighted by atomic mass is 32.2. The lowest BCUT2D eigenvalue weighted by molar-refractivity contribution is 0.590. The van der Waals surface area contributed by atoms with Gasteiger partial charge in [-0.2, -0.15) is 0 Å². The molecule has 0 fully saturated rings. The van der Waals surface area contributed by atoms with E-state index in [1.54, 1.807) is 13.0 Å². The van der Waals surface area contributed by atoms with Crippen molar-refractivity contribution in [3.05, 3.63) is 29.3 Å². The number of nitrogens with one attached hydrogen (secondary N) is 1. The zero-order valence-electron chi connectivity index (χ0n) is 10.5. The van der Waals surface area contributed by atoms with Crippen LogP contribution in [0, 0.1) is 0 Å². The molecule has 1 aliphatic heterocycles. The Morgan fingerprint density at radius 3 is 2.82 bits per heavy atom. The average Bonchev–Trinajstić information content (AvgIpc) is 2.49. The molecule has 0 aromatic heterocycles. The number of hydrogen-bond acceptors (Lipinski definition) is 3. The third kappa shape index (κ3) is 2.24. The fourth-order valence-corrected chi connectivity index (χ4v) is 3.89. The van der Waals surface area contributed by atoms with Crippen LogP contribution >= 0.6 is 0 Å². The number of likely N-dealkylation sites (N-methyl/N-ethyl adjacent to an activating group) is 1. The molecule has 3 nitrogen and oxygen atoms in total. The zero-order chi connectivity index (χ0) is 12.6. The maximum Gasteiger partial charge on any atom is 0.181 e. The van der Waals surface area contributed by atoms with Gasteiger partial charge in [0.05, 0.1) is 10.1 Å². The van der Waals surface area contributed by atoms with E-state index in [4.69, 9.17) is 0 Å². The van der Waals surface area contributed by atoms with Crippen molar-refractivity contribution in [3.63, 3.8) is 0 Å². The van der Waals surface area contributed by atoms with Crippen LogP contribution in [0.2, 0.25) is 0 Å². The van der Waals surface area contributed by atoms with Crippen molar-refractivity contribution >= 4 is 9.84 Å². The summed E-state index contributed by atoms with van der Waals surface area (Å²) in [4.78, 5) is 0.533. The van der Waals surface area contributed by atoms with Crippen LogP contribution in [-0.4, -0.2) is 26.8 Å². The van der Waals surface area contributed by atoms with Gasteiger partial charge in [0.25, 0.3) is 0 Å². The molecule has 1 aromatic rings. The molecule has 0 spiro atoms. The van der Waals surface area contributed by atoms with Gasteiger partial charge in [-0.25, -0.2) is 8.42 Å². The second-order valence-corrected chi connectivity index (χ2v) is 7.23. The fourth-order valence-electron chi connectivity index (χ4n) is 2.29. The minimum absolute atomic E-state index is 0.269. The zero-order valence-corrected chi connectivity index (χ0v) is 11.3. The molecule has 2 rings (SSSR count). The Bertz CT molecular complexity index is 522. The quantitative estimate of drug-likeness (QED) is 0.889. The van der Waals surface area contributed by atoms with Crippen LogP contribution in [0.15, 0.2) is 23.1 Å². The molecule has 0 radical (unpaired) electrons. The number of sulfone groups is 1. The summed E-state index contributed by atoms with van der Waals surface area (Å²) in [5, 5.41) is 2.92. The summed E-state index contributed by atoms with van der Waals surface area (Å²) in [7, 11) is -1.12. The van der Waals surface area contributed by atoms with Crippen LogP contribution < -0.4 is 5.32 Å². The van der Waals surface area contributed by atoms with E-state index < -0.39 is 9.84 Å². The van der Waals surface area contributed by atoms with Gasteiger partial charge in [0.1, 0.15) is 0 Å². The van der Waals surface area contributed by atoms with Gasteiger partial charge < -0.3 is 5.32 Å². The highest BCUT2D eigenvalue weighted by Gasteiger charge is 2.33. The number of hydrogen-bond donors (Lipinski definition) is 1. The van der Waals surface area contributed by atoms with Crippen molar-refractivity contribution < 1.29 is 8.42 Å². The molecule has 1 aliphatic rings. The summed E-state index contributed by atoms with van der Waals surface area (Å²) in [6.07, 6.45) is 1.58. The first-order valence-electron chi connectivity index (χ1n) is 5.98. The van der Waals surface area contributed by atoms with Gasteiger partial charge in [0.2, 0.25) is 0 Å². The Labute approximate surface area is 103 Å². The summed E-state index contributed by atoms with van der Waals surface area (Å²) < 4.78 is 23.9. The summed E-state index contributed by atoms with van der Waals surface area (Å²) in [6, 6.07) is 6.15. The molecule has 0 saturated carbocycles. The summed E-state index contributed by atoms with van der Waals surface area (Å²) >= 11 is 0. The van der Waals surface area contributed by atoms with Crippen molar-refractivity contribution in [2.45, 2.75) is 42.9 Å². The number of fused-ring (bicyclic) bond motifs is 1. The average molecular weight is 253 g/mol. The molecule has 1 aromatic carbocycles. The first-order chi connectivity index (χ1) is 7.95. The van der Waals surface area contributed by atoms with Gasteiger partial charge in [-0.3, -0.25) is 0 Å². The van der Waals surface area contributed by atoms with Crippen LogP contribution in [0.3, 0.4) is 0 Å². The summed E-state index contributed by atoms with van der Waals surface area (Å²) in [5.41, 5.74) is 2.19. The minimum Gasteiger partial charge on any atom is -0.317 e. The first-order valence-corrected chi connectivity index (χ1v) is 7.52. The first kappa shape index (κ1) is 12.6. The van der Waals surface area contributed by atoms with Crippen molar-refractivity contribution in [1.82, 2.24) is 5.32 Å². The lowest BCUT2D eigenvalue weighted by atomic mass is 10.0. The highest BCUT2D eigenvalue weighted by molar-refractivity contribution is 7.92. The largest absolute Gasteiger partial charge is 0.317 e. The van der Waals surface area contributed by atoms with Crippen molar-refractivity contribution in [1.29, 1.82) is 0 Å². The fraction of sp³-hybridized carbons (Fsp3) is 0.538. The second kappa shape index (κ2) is 4.42. The van der Waals surface area contributed by atoms with Crippen LogP contribution in [0.25, 0.3) is 0 Å². The predicted molar refractivity (Wildman–Crippen MR) is 69.0 cm³/mol. The summed E-state index contributed by atoms with van der Waals surface area (Å²) in [5.74, 6) is 0. The molecular formula is C13H19NO2S. The maximum absolute atomic E-state index is 12.0. The van der Waals surface area contributed by atoms with E-state index in [9.17, 15) is 8.42 Å². The van der Waals surface area contributed by atoms with Gasteiger partial charge in [-0.1, -0.05) is 12.1 Å². The Hall–Kier alpha value is -0.870. The van der Waals surface area contributed by atoms with E-state index >= 15 is 0 Å². The molecule has 94 valence electrons. The van der Waals surface area contributed by atoms with Crippen LogP contribution in [0.5, 0.6) is 0 Å². The second-order valence-electron chi connectivity index (χ2n) is 4.90. The van der Waals surface area contributed by atoms with Gasteiger partial charge in [0, 0.05) is 6.04 Å². The third-order valence-corrected chi connectivity index (χ3v) is 5.74. The Balaban J connectivity index is 2.32. The number of benzene rings is 1. The molecular weight excluding hydrogens is 234 g/mol. The summed E-state index contributed by atoms with van der Waals surface area (Å²) in [6.45, 7) is 3.90. The van der Waals surface area contributed by atoms with Gasteiger partial charge in [-0.15, -0.1) is 0 Å². The minimum atomic E-state index is -3.05. The molecule has 2 unspecified atom stereocenters. The van der Waals surface area contributed by atoms with Crippen LogP contribution in [0.4, 0.5) is 0 Å². The molecule has 0 bridgehead atoms. The Morgan fingerprint density at radius 2 is 2.18 bits per heavy atom. The van der Waals surface area contributed by atoms with E-state index in [1.807, 2.05) is 19.2 Å². The normalized spacial score (nSPS) is 23.4. The Kier molecular flexibility index (Phi) is 3.27.